The molecule has 0 bridgehead atoms. The summed E-state index contributed by atoms with van der Waals surface area (Å²) in [4.78, 5) is 22.5. The predicted molar refractivity (Wildman–Crippen MR) is 59.2 cm³/mol. The zero-order valence-electron chi connectivity index (χ0n) is 9.22. The molecule has 1 fully saturated rings. The SMILES string of the molecule is CC(=O)[C@]1(OCl)[C@@H](F)O[C@H](C(=O)O)[C@@H](OCl)[C@@H]1OCl. The quantitative estimate of drug-likeness (QED) is 0.807. The molecule has 0 aromatic rings. The Labute approximate surface area is 121 Å². The average molecular weight is 342 g/mol. The number of rotatable bonds is 5. The van der Waals surface area contributed by atoms with Crippen LogP contribution in [0.3, 0.4) is 0 Å². The Hall–Kier alpha value is -0.220. The summed E-state index contributed by atoms with van der Waals surface area (Å²) in [6.45, 7) is 0.924. The van der Waals surface area contributed by atoms with Gasteiger partial charge in [-0.15, -0.1) is 0 Å². The van der Waals surface area contributed by atoms with Gasteiger partial charge >= 0.3 is 5.97 Å². The van der Waals surface area contributed by atoms with E-state index in [1.807, 2.05) is 0 Å². The number of ketones is 1. The Balaban J connectivity index is 3.28. The molecule has 1 heterocycles. The Morgan fingerprint density at radius 1 is 1.32 bits per heavy atom. The standard InChI is InChI=1S/C8H8Cl3FO7/c1-2(13)8(19-11)5(18-10)3(17-9)4(6(14)15)16-7(8)12/h3-5,7H,1H3,(H,14,15)/t3-,4+,5+,7+,8-/m1/s1. The number of carbonyl (C=O) groups excluding carboxylic acids is 1. The minimum atomic E-state index is -2.55. The molecule has 19 heavy (non-hydrogen) atoms. The maximum absolute atomic E-state index is 14.0. The number of hydrogen-bond acceptors (Lipinski definition) is 6. The molecule has 1 aliphatic heterocycles. The molecule has 1 N–H and O–H groups in total. The summed E-state index contributed by atoms with van der Waals surface area (Å²) in [5.74, 6) is -2.55. The molecule has 1 aliphatic rings. The minimum Gasteiger partial charge on any atom is -0.479 e. The maximum Gasteiger partial charge on any atom is 0.335 e. The van der Waals surface area contributed by atoms with Crippen molar-refractivity contribution in [2.45, 2.75) is 37.2 Å². The van der Waals surface area contributed by atoms with Crippen LogP contribution >= 0.6 is 35.6 Å². The lowest BCUT2D eigenvalue weighted by molar-refractivity contribution is -0.271. The van der Waals surface area contributed by atoms with E-state index in [9.17, 15) is 14.0 Å². The van der Waals surface area contributed by atoms with Gasteiger partial charge in [-0.05, 0) is 6.92 Å². The van der Waals surface area contributed by atoms with Crippen molar-refractivity contribution in [2.75, 3.05) is 0 Å². The summed E-state index contributed by atoms with van der Waals surface area (Å²) in [6.07, 6.45) is -7.79. The van der Waals surface area contributed by atoms with Gasteiger partial charge in [0, 0.05) is 0 Å². The van der Waals surface area contributed by atoms with Gasteiger partial charge in [-0.1, -0.05) is 0 Å². The first-order valence-corrected chi connectivity index (χ1v) is 5.67. The molecule has 0 aliphatic carbocycles. The number of hydrogen-bond donors (Lipinski definition) is 1. The van der Waals surface area contributed by atoms with Crippen molar-refractivity contribution in [1.82, 2.24) is 0 Å². The first-order valence-electron chi connectivity index (χ1n) is 4.74. The van der Waals surface area contributed by atoms with Crippen LogP contribution in [0, 0.1) is 0 Å². The molecule has 0 radical (unpaired) electrons. The average Bonchev–Trinajstić information content (AvgIpc) is 2.36. The second-order valence-electron chi connectivity index (χ2n) is 3.70. The topological polar surface area (TPSA) is 91.3 Å². The number of alkyl halides is 1. The van der Waals surface area contributed by atoms with E-state index in [4.69, 9.17) is 40.7 Å². The van der Waals surface area contributed by atoms with E-state index in [-0.39, 0.29) is 0 Å². The molecule has 1 saturated heterocycles. The number of aliphatic carboxylic acids is 1. The third-order valence-corrected chi connectivity index (χ3v) is 3.40. The van der Waals surface area contributed by atoms with Crippen LogP contribution in [0.25, 0.3) is 0 Å². The largest absolute Gasteiger partial charge is 0.479 e. The molecule has 5 atom stereocenters. The van der Waals surface area contributed by atoms with E-state index in [0.29, 0.717) is 0 Å². The van der Waals surface area contributed by atoms with Gasteiger partial charge in [-0.25, -0.2) is 9.18 Å². The van der Waals surface area contributed by atoms with Crippen molar-refractivity contribution in [3.8, 4) is 0 Å². The molecule has 0 unspecified atom stereocenters. The van der Waals surface area contributed by atoms with Crippen LogP contribution in [0.15, 0.2) is 0 Å². The Kier molecular flexibility index (Phi) is 5.75. The molecule has 0 aromatic heterocycles. The summed E-state index contributed by atoms with van der Waals surface area (Å²) >= 11 is 15.4. The van der Waals surface area contributed by atoms with Gasteiger partial charge in [0.05, 0.1) is 35.6 Å². The first-order chi connectivity index (χ1) is 8.86. The van der Waals surface area contributed by atoms with E-state index < -0.39 is 42.0 Å². The molecule has 0 amide bonds. The predicted octanol–water partition coefficient (Wildman–Crippen LogP) is 1.34. The van der Waals surface area contributed by atoms with Crippen LogP contribution in [-0.4, -0.2) is 47.1 Å². The van der Waals surface area contributed by atoms with Crippen molar-refractivity contribution in [3.05, 3.63) is 0 Å². The van der Waals surface area contributed by atoms with Gasteiger partial charge in [0.15, 0.2) is 18.0 Å². The highest BCUT2D eigenvalue weighted by molar-refractivity contribution is 6.10. The number of halogens is 4. The summed E-state index contributed by atoms with van der Waals surface area (Å²) < 4.78 is 31.4. The van der Waals surface area contributed by atoms with Gasteiger partial charge in [0.25, 0.3) is 0 Å². The maximum atomic E-state index is 14.0. The molecule has 110 valence electrons. The van der Waals surface area contributed by atoms with Crippen molar-refractivity contribution >= 4 is 47.4 Å². The first kappa shape index (κ1) is 16.8. The Morgan fingerprint density at radius 3 is 2.21 bits per heavy atom. The Bertz CT molecular complexity index is 370. The van der Waals surface area contributed by atoms with Crippen molar-refractivity contribution in [3.63, 3.8) is 0 Å². The lowest BCUT2D eigenvalue weighted by atomic mass is 9.84. The third kappa shape index (κ3) is 2.66. The molecule has 11 heteroatoms. The summed E-state index contributed by atoms with van der Waals surface area (Å²) in [5.41, 5.74) is -2.51. The van der Waals surface area contributed by atoms with Crippen molar-refractivity contribution in [1.29, 1.82) is 0 Å². The lowest BCUT2D eigenvalue weighted by Gasteiger charge is -2.44. The van der Waals surface area contributed by atoms with Gasteiger partial charge in [-0.2, -0.15) is 0 Å². The van der Waals surface area contributed by atoms with E-state index in [0.717, 1.165) is 6.92 Å². The molecule has 1 rings (SSSR count). The highest BCUT2D eigenvalue weighted by Gasteiger charge is 2.65. The zero-order chi connectivity index (χ0) is 14.8. The smallest absolute Gasteiger partial charge is 0.335 e. The number of Topliss-reactive ketones (excluding diaryl/α,β-unsaturated/α-hetero) is 1. The molecular weight excluding hydrogens is 333 g/mol. The number of carboxylic acids is 1. The fourth-order valence-corrected chi connectivity index (χ4v) is 2.43. The van der Waals surface area contributed by atoms with E-state index in [1.165, 1.54) is 0 Å². The Morgan fingerprint density at radius 2 is 1.89 bits per heavy atom. The normalized spacial score (nSPS) is 39.0. The van der Waals surface area contributed by atoms with E-state index >= 15 is 0 Å². The van der Waals surface area contributed by atoms with Crippen LogP contribution in [0.5, 0.6) is 0 Å². The summed E-state index contributed by atoms with van der Waals surface area (Å²) in [6, 6.07) is 0. The fourth-order valence-electron chi connectivity index (χ4n) is 1.74. The second kappa shape index (κ2) is 6.49. The van der Waals surface area contributed by atoms with Gasteiger partial charge in [-0.3, -0.25) is 17.7 Å². The number of ether oxygens (including phenoxy) is 1. The van der Waals surface area contributed by atoms with Crippen molar-refractivity contribution in [2.24, 2.45) is 0 Å². The van der Waals surface area contributed by atoms with Crippen molar-refractivity contribution < 1.29 is 36.7 Å². The lowest BCUT2D eigenvalue weighted by Crippen LogP contribution is -2.69. The van der Waals surface area contributed by atoms with E-state index in [1.54, 1.807) is 0 Å². The fraction of sp³-hybridized carbons (Fsp3) is 0.750. The zero-order valence-corrected chi connectivity index (χ0v) is 11.5. The molecule has 7 nitrogen and oxygen atoms in total. The molecule has 0 aromatic carbocycles. The van der Waals surface area contributed by atoms with Crippen LogP contribution in [0.2, 0.25) is 0 Å². The molecule has 0 saturated carbocycles. The molecular formula is C8H8Cl3FO7. The highest BCUT2D eigenvalue weighted by atomic mass is 35.5. The summed E-state index contributed by atoms with van der Waals surface area (Å²) in [5, 5.41) is 8.86. The van der Waals surface area contributed by atoms with Gasteiger partial charge < -0.3 is 9.84 Å². The molecule has 0 spiro atoms. The van der Waals surface area contributed by atoms with Gasteiger partial charge in [0.2, 0.25) is 12.0 Å². The van der Waals surface area contributed by atoms with Gasteiger partial charge in [0.1, 0.15) is 6.10 Å². The van der Waals surface area contributed by atoms with Crippen LogP contribution < -0.4 is 0 Å². The third-order valence-electron chi connectivity index (χ3n) is 2.74. The van der Waals surface area contributed by atoms with Crippen LogP contribution in [0.1, 0.15) is 6.92 Å². The van der Waals surface area contributed by atoms with Crippen LogP contribution in [-0.2, 0) is 27.2 Å². The number of carbonyl (C=O) groups is 2. The van der Waals surface area contributed by atoms with Crippen LogP contribution in [0.4, 0.5) is 4.39 Å². The number of carboxylic acid groups (broad SMARTS) is 1. The highest BCUT2D eigenvalue weighted by Crippen LogP contribution is 2.39. The van der Waals surface area contributed by atoms with E-state index in [2.05, 4.69) is 17.6 Å². The minimum absolute atomic E-state index is 0.924. The second-order valence-corrected chi connectivity index (χ2v) is 4.21. The summed E-state index contributed by atoms with van der Waals surface area (Å²) in [7, 11) is 0. The monoisotopic (exact) mass is 340 g/mol.